The minimum atomic E-state index is -0.447. The Morgan fingerprint density at radius 1 is 0.822 bits per heavy atom. The summed E-state index contributed by atoms with van der Waals surface area (Å²) in [6, 6.07) is 29.2. The SMILES string of the molecule is O=C(CCN1CCC(OC(=O)Nc2ccccc2-c2ccccc2)CC1)Nc1ccc(CNCc2cc(Br)c(O)c(Br)c2)cc1. The Kier molecular flexibility index (Phi) is 11.6. The summed E-state index contributed by atoms with van der Waals surface area (Å²) in [5, 5.41) is 19.2. The van der Waals surface area contributed by atoms with Gasteiger partial charge >= 0.3 is 6.09 Å². The number of phenols is 1. The minimum Gasteiger partial charge on any atom is -0.506 e. The highest BCUT2D eigenvalue weighted by Gasteiger charge is 2.23. The van der Waals surface area contributed by atoms with Crippen LogP contribution in [0, 0.1) is 0 Å². The maximum Gasteiger partial charge on any atom is 0.411 e. The lowest BCUT2D eigenvalue weighted by molar-refractivity contribution is -0.116. The van der Waals surface area contributed by atoms with E-state index in [9.17, 15) is 14.7 Å². The number of aromatic hydroxyl groups is 1. The first kappa shape index (κ1) is 32.7. The Bertz CT molecular complexity index is 1570. The Morgan fingerprint density at radius 3 is 2.18 bits per heavy atom. The van der Waals surface area contributed by atoms with Crippen molar-refractivity contribution in [3.05, 3.63) is 111 Å². The number of nitrogens with zero attached hydrogens (tertiary/aromatic N) is 1. The van der Waals surface area contributed by atoms with E-state index in [2.05, 4.69) is 52.7 Å². The fourth-order valence-electron chi connectivity index (χ4n) is 5.26. The van der Waals surface area contributed by atoms with Gasteiger partial charge in [-0.3, -0.25) is 10.1 Å². The van der Waals surface area contributed by atoms with Crippen molar-refractivity contribution in [1.29, 1.82) is 0 Å². The van der Waals surface area contributed by atoms with Gasteiger partial charge in [0.05, 0.1) is 14.6 Å². The predicted molar refractivity (Wildman–Crippen MR) is 185 cm³/mol. The van der Waals surface area contributed by atoms with E-state index in [-0.39, 0.29) is 17.8 Å². The van der Waals surface area contributed by atoms with E-state index in [0.29, 0.717) is 35.0 Å². The van der Waals surface area contributed by atoms with E-state index in [1.165, 1.54) is 0 Å². The zero-order valence-electron chi connectivity index (χ0n) is 24.8. The normalized spacial score (nSPS) is 13.7. The van der Waals surface area contributed by atoms with Crippen LogP contribution in [-0.4, -0.2) is 47.7 Å². The van der Waals surface area contributed by atoms with Crippen molar-refractivity contribution in [3.8, 4) is 16.9 Å². The van der Waals surface area contributed by atoms with Gasteiger partial charge in [-0.2, -0.15) is 0 Å². The van der Waals surface area contributed by atoms with Crippen molar-refractivity contribution in [2.45, 2.75) is 38.5 Å². The molecular weight excluding hydrogens is 700 g/mol. The average molecular weight is 737 g/mol. The van der Waals surface area contributed by atoms with Gasteiger partial charge in [0, 0.05) is 50.4 Å². The number of phenolic OH excluding ortho intramolecular Hbond substituents is 1. The Hall–Kier alpha value is -3.70. The molecule has 1 heterocycles. The number of amides is 2. The molecule has 2 amide bonds. The number of hydrogen-bond donors (Lipinski definition) is 4. The summed E-state index contributed by atoms with van der Waals surface area (Å²) in [4.78, 5) is 27.5. The second kappa shape index (κ2) is 16.0. The predicted octanol–water partition coefficient (Wildman–Crippen LogP) is 7.92. The lowest BCUT2D eigenvalue weighted by Gasteiger charge is -2.31. The fourth-order valence-corrected chi connectivity index (χ4v) is 6.54. The molecule has 1 aliphatic heterocycles. The molecule has 1 aliphatic rings. The molecule has 10 heteroatoms. The summed E-state index contributed by atoms with van der Waals surface area (Å²) >= 11 is 6.72. The number of ether oxygens (including phenoxy) is 1. The molecule has 1 saturated heterocycles. The zero-order chi connectivity index (χ0) is 31.6. The van der Waals surface area contributed by atoms with Crippen LogP contribution in [0.2, 0.25) is 0 Å². The molecule has 0 spiro atoms. The van der Waals surface area contributed by atoms with Gasteiger partial charge in [-0.05, 0) is 91.7 Å². The number of para-hydroxylation sites is 1. The number of carbonyl (C=O) groups excluding carboxylic acids is 2. The summed E-state index contributed by atoms with van der Waals surface area (Å²) in [5.41, 5.74) is 5.60. The van der Waals surface area contributed by atoms with E-state index in [1.54, 1.807) is 0 Å². The molecule has 5 rings (SSSR count). The van der Waals surface area contributed by atoms with Crippen molar-refractivity contribution in [2.24, 2.45) is 0 Å². The van der Waals surface area contributed by atoms with Gasteiger partial charge in [0.2, 0.25) is 5.91 Å². The number of nitrogens with one attached hydrogen (secondary N) is 3. The molecule has 8 nitrogen and oxygen atoms in total. The van der Waals surface area contributed by atoms with Gasteiger partial charge in [-0.25, -0.2) is 4.79 Å². The number of carbonyl (C=O) groups is 2. The molecular formula is C35H36Br2N4O4. The molecule has 4 aromatic carbocycles. The highest BCUT2D eigenvalue weighted by atomic mass is 79.9. The number of likely N-dealkylation sites (tertiary alicyclic amines) is 1. The largest absolute Gasteiger partial charge is 0.506 e. The van der Waals surface area contributed by atoms with E-state index in [0.717, 1.165) is 59.6 Å². The van der Waals surface area contributed by atoms with E-state index >= 15 is 0 Å². The highest BCUT2D eigenvalue weighted by Crippen LogP contribution is 2.33. The molecule has 1 fully saturated rings. The molecule has 0 radical (unpaired) electrons. The molecule has 4 N–H and O–H groups in total. The first-order valence-corrected chi connectivity index (χ1v) is 16.5. The van der Waals surface area contributed by atoms with E-state index in [4.69, 9.17) is 4.74 Å². The third-order valence-electron chi connectivity index (χ3n) is 7.68. The first-order chi connectivity index (χ1) is 21.8. The second-order valence-corrected chi connectivity index (χ2v) is 12.7. The summed E-state index contributed by atoms with van der Waals surface area (Å²) in [5.74, 6) is 0.161. The van der Waals surface area contributed by atoms with Crippen LogP contribution in [0.4, 0.5) is 16.2 Å². The molecule has 0 aromatic heterocycles. The van der Waals surface area contributed by atoms with Gasteiger partial charge in [-0.1, -0.05) is 60.7 Å². The molecule has 0 saturated carbocycles. The molecule has 4 aromatic rings. The van der Waals surface area contributed by atoms with Gasteiger partial charge in [0.25, 0.3) is 0 Å². The summed E-state index contributed by atoms with van der Waals surface area (Å²) < 4.78 is 7.03. The van der Waals surface area contributed by atoms with Gasteiger partial charge in [-0.15, -0.1) is 0 Å². The molecule has 0 aliphatic carbocycles. The van der Waals surface area contributed by atoms with Crippen LogP contribution in [0.5, 0.6) is 5.75 Å². The molecule has 0 bridgehead atoms. The summed E-state index contributed by atoms with van der Waals surface area (Å²) in [6.45, 7) is 3.51. The van der Waals surface area contributed by atoms with Crippen LogP contribution >= 0.6 is 31.9 Å². The molecule has 45 heavy (non-hydrogen) atoms. The first-order valence-electron chi connectivity index (χ1n) is 14.9. The topological polar surface area (TPSA) is 103 Å². The van der Waals surface area contributed by atoms with Crippen LogP contribution in [0.1, 0.15) is 30.4 Å². The average Bonchev–Trinajstić information content (AvgIpc) is 3.05. The standard InChI is InChI=1S/C35H36Br2N4O4/c36-30-20-25(21-31(37)34(30)43)23-38-22-24-10-12-27(13-11-24)39-33(42)16-19-41-17-14-28(15-18-41)45-35(44)40-32-9-5-4-8-29(32)26-6-2-1-3-7-26/h1-13,20-21,28,38,43H,14-19,22-23H2,(H,39,42)(H,40,44). The zero-order valence-corrected chi connectivity index (χ0v) is 27.9. The maximum absolute atomic E-state index is 12.7. The summed E-state index contributed by atoms with van der Waals surface area (Å²) in [6.07, 6.45) is 1.25. The lowest BCUT2D eigenvalue weighted by atomic mass is 10.0. The van der Waals surface area contributed by atoms with E-state index in [1.807, 2.05) is 91.0 Å². The van der Waals surface area contributed by atoms with Crippen LogP contribution < -0.4 is 16.0 Å². The molecule has 234 valence electrons. The molecule has 0 unspecified atom stereocenters. The monoisotopic (exact) mass is 734 g/mol. The number of halogens is 2. The highest BCUT2D eigenvalue weighted by molar-refractivity contribution is 9.11. The minimum absolute atomic E-state index is 0.0285. The smallest absolute Gasteiger partial charge is 0.411 e. The Balaban J connectivity index is 0.986. The van der Waals surface area contributed by atoms with Crippen LogP contribution in [0.25, 0.3) is 11.1 Å². The summed E-state index contributed by atoms with van der Waals surface area (Å²) in [7, 11) is 0. The van der Waals surface area contributed by atoms with Crippen LogP contribution in [0.15, 0.2) is 99.9 Å². The number of anilines is 2. The quantitative estimate of drug-likeness (QED) is 0.125. The number of rotatable bonds is 11. The number of benzene rings is 4. The van der Waals surface area contributed by atoms with Crippen molar-refractivity contribution in [1.82, 2.24) is 10.2 Å². The Labute approximate surface area is 280 Å². The van der Waals surface area contributed by atoms with Crippen LogP contribution in [-0.2, 0) is 22.6 Å². The van der Waals surface area contributed by atoms with Crippen molar-refractivity contribution in [2.75, 3.05) is 30.3 Å². The van der Waals surface area contributed by atoms with Crippen LogP contribution in [0.3, 0.4) is 0 Å². The van der Waals surface area contributed by atoms with E-state index < -0.39 is 6.09 Å². The Morgan fingerprint density at radius 2 is 1.47 bits per heavy atom. The van der Waals surface area contributed by atoms with Gasteiger partial charge in [0.1, 0.15) is 11.9 Å². The lowest BCUT2D eigenvalue weighted by Crippen LogP contribution is -2.39. The third kappa shape index (κ3) is 9.64. The van der Waals surface area contributed by atoms with Crippen molar-refractivity contribution >= 4 is 55.2 Å². The maximum atomic E-state index is 12.7. The molecule has 0 atom stereocenters. The third-order valence-corrected chi connectivity index (χ3v) is 8.89. The number of hydrogen-bond acceptors (Lipinski definition) is 6. The number of piperidine rings is 1. The fraction of sp³-hybridized carbons (Fsp3) is 0.257. The van der Waals surface area contributed by atoms with Gasteiger partial charge in [0.15, 0.2) is 0 Å². The van der Waals surface area contributed by atoms with Gasteiger partial charge < -0.3 is 25.4 Å². The van der Waals surface area contributed by atoms with Crippen molar-refractivity contribution in [3.63, 3.8) is 0 Å². The van der Waals surface area contributed by atoms with Crippen molar-refractivity contribution < 1.29 is 19.4 Å². The second-order valence-electron chi connectivity index (χ2n) is 11.0.